The SMILES string of the molecule is CCCCOc1ccc(C2=NC(C)(C)N=C2SCC(=O)Nc2ccc(C)c(Cl)c2)cc1. The van der Waals surface area contributed by atoms with Gasteiger partial charge in [-0.15, -0.1) is 0 Å². The predicted octanol–water partition coefficient (Wildman–Crippen LogP) is 6.14. The van der Waals surface area contributed by atoms with Crippen LogP contribution in [0.4, 0.5) is 5.69 Å². The highest BCUT2D eigenvalue weighted by Crippen LogP contribution is 2.28. The number of benzene rings is 2. The average Bonchev–Trinajstić information content (AvgIpc) is 3.04. The van der Waals surface area contributed by atoms with Gasteiger partial charge in [-0.2, -0.15) is 0 Å². The van der Waals surface area contributed by atoms with Crippen molar-refractivity contribution in [3.05, 3.63) is 58.6 Å². The highest BCUT2D eigenvalue weighted by Gasteiger charge is 2.28. The topological polar surface area (TPSA) is 63.1 Å². The van der Waals surface area contributed by atoms with E-state index in [-0.39, 0.29) is 11.7 Å². The zero-order valence-corrected chi connectivity index (χ0v) is 19.9. The standard InChI is InChI=1S/C24H28ClN3O2S/c1-5-6-13-30-19-11-8-17(9-12-19)22-23(28-24(3,4)27-22)31-15-21(29)26-18-10-7-16(2)20(25)14-18/h7-12,14H,5-6,13,15H2,1-4H3,(H,26,29). The maximum Gasteiger partial charge on any atom is 0.234 e. The quantitative estimate of drug-likeness (QED) is 0.484. The molecule has 1 aliphatic rings. The number of nitrogens with zero attached hydrogens (tertiary/aromatic N) is 2. The minimum absolute atomic E-state index is 0.114. The first-order valence-electron chi connectivity index (χ1n) is 10.4. The Kier molecular flexibility index (Phi) is 7.79. The lowest BCUT2D eigenvalue weighted by Gasteiger charge is -2.09. The van der Waals surface area contributed by atoms with Crippen LogP contribution in [-0.4, -0.2) is 34.7 Å². The van der Waals surface area contributed by atoms with Crippen LogP contribution in [0.1, 0.15) is 44.7 Å². The number of anilines is 1. The lowest BCUT2D eigenvalue weighted by molar-refractivity contribution is -0.113. The smallest absolute Gasteiger partial charge is 0.234 e. The van der Waals surface area contributed by atoms with Crippen molar-refractivity contribution in [3.63, 3.8) is 0 Å². The van der Waals surface area contributed by atoms with E-state index in [4.69, 9.17) is 26.3 Å². The van der Waals surface area contributed by atoms with Crippen molar-refractivity contribution in [3.8, 4) is 5.75 Å². The van der Waals surface area contributed by atoms with Gasteiger partial charge in [-0.25, -0.2) is 4.99 Å². The van der Waals surface area contributed by atoms with Crippen LogP contribution < -0.4 is 10.1 Å². The van der Waals surface area contributed by atoms with Crippen LogP contribution in [0.25, 0.3) is 0 Å². The summed E-state index contributed by atoms with van der Waals surface area (Å²) < 4.78 is 5.75. The Morgan fingerprint density at radius 3 is 2.58 bits per heavy atom. The number of nitrogens with one attached hydrogen (secondary N) is 1. The monoisotopic (exact) mass is 457 g/mol. The summed E-state index contributed by atoms with van der Waals surface area (Å²) in [7, 11) is 0. The molecule has 0 aliphatic carbocycles. The minimum Gasteiger partial charge on any atom is -0.494 e. The molecule has 164 valence electrons. The van der Waals surface area contributed by atoms with Crippen molar-refractivity contribution in [2.24, 2.45) is 9.98 Å². The lowest BCUT2D eigenvalue weighted by Crippen LogP contribution is -2.17. The summed E-state index contributed by atoms with van der Waals surface area (Å²) in [4.78, 5) is 21.9. The van der Waals surface area contributed by atoms with Crippen molar-refractivity contribution in [1.82, 2.24) is 0 Å². The van der Waals surface area contributed by atoms with Crippen LogP contribution >= 0.6 is 23.4 Å². The first-order valence-corrected chi connectivity index (χ1v) is 11.8. The minimum atomic E-state index is -0.547. The summed E-state index contributed by atoms with van der Waals surface area (Å²) in [5.41, 5.74) is 2.88. The highest BCUT2D eigenvalue weighted by atomic mass is 35.5. The van der Waals surface area contributed by atoms with Gasteiger partial charge in [0.2, 0.25) is 5.91 Å². The van der Waals surface area contributed by atoms with E-state index < -0.39 is 5.66 Å². The number of hydrogen-bond donors (Lipinski definition) is 1. The third kappa shape index (κ3) is 6.58. The summed E-state index contributed by atoms with van der Waals surface area (Å²) in [6.45, 7) is 8.69. The van der Waals surface area contributed by atoms with Crippen molar-refractivity contribution in [2.75, 3.05) is 17.7 Å². The fraction of sp³-hybridized carbons (Fsp3) is 0.375. The second kappa shape index (κ2) is 10.3. The molecule has 0 saturated heterocycles. The summed E-state index contributed by atoms with van der Waals surface area (Å²) >= 11 is 7.53. The number of aliphatic imine (C=N–C) groups is 2. The molecule has 0 atom stereocenters. The number of unbranched alkanes of at least 4 members (excludes halogenated alkanes) is 1. The van der Waals surface area contributed by atoms with Crippen LogP contribution in [0.3, 0.4) is 0 Å². The largest absolute Gasteiger partial charge is 0.494 e. The van der Waals surface area contributed by atoms with E-state index in [9.17, 15) is 4.79 Å². The maximum absolute atomic E-state index is 12.5. The Labute approximate surface area is 193 Å². The molecule has 0 unspecified atom stereocenters. The first-order chi connectivity index (χ1) is 14.8. The number of carbonyl (C=O) groups excluding carboxylic acids is 1. The zero-order chi connectivity index (χ0) is 22.4. The number of thioether (sulfide) groups is 1. The maximum atomic E-state index is 12.5. The van der Waals surface area contributed by atoms with Crippen molar-refractivity contribution < 1.29 is 9.53 Å². The number of ether oxygens (including phenoxy) is 1. The van der Waals surface area contributed by atoms with Gasteiger partial charge in [0.25, 0.3) is 0 Å². The normalized spacial score (nSPS) is 14.7. The fourth-order valence-electron chi connectivity index (χ4n) is 2.98. The molecule has 2 aromatic rings. The van der Waals surface area contributed by atoms with Crippen LogP contribution in [0, 0.1) is 6.92 Å². The van der Waals surface area contributed by atoms with Crippen LogP contribution in [0.5, 0.6) is 5.75 Å². The Balaban J connectivity index is 1.64. The van der Waals surface area contributed by atoms with E-state index in [2.05, 4.69) is 12.2 Å². The number of aryl methyl sites for hydroxylation is 1. The molecule has 1 heterocycles. The van der Waals surface area contributed by atoms with E-state index in [0.717, 1.165) is 40.5 Å². The number of rotatable bonds is 8. The summed E-state index contributed by atoms with van der Waals surface area (Å²) in [6.07, 6.45) is 2.14. The van der Waals surface area contributed by atoms with E-state index in [1.807, 2.05) is 57.2 Å². The van der Waals surface area contributed by atoms with Gasteiger partial charge >= 0.3 is 0 Å². The van der Waals surface area contributed by atoms with Gasteiger partial charge in [-0.1, -0.05) is 42.8 Å². The molecule has 5 nitrogen and oxygen atoms in total. The summed E-state index contributed by atoms with van der Waals surface area (Å²) in [5.74, 6) is 0.964. The third-order valence-electron chi connectivity index (χ3n) is 4.65. The van der Waals surface area contributed by atoms with Crippen LogP contribution in [0.15, 0.2) is 52.4 Å². The van der Waals surface area contributed by atoms with Gasteiger partial charge in [-0.3, -0.25) is 9.79 Å². The zero-order valence-electron chi connectivity index (χ0n) is 18.4. The predicted molar refractivity (Wildman–Crippen MR) is 132 cm³/mol. The molecular weight excluding hydrogens is 430 g/mol. The molecule has 1 N–H and O–H groups in total. The van der Waals surface area contributed by atoms with Crippen LogP contribution in [-0.2, 0) is 4.79 Å². The van der Waals surface area contributed by atoms with E-state index in [1.165, 1.54) is 11.8 Å². The van der Waals surface area contributed by atoms with Crippen molar-refractivity contribution in [2.45, 2.75) is 46.2 Å². The lowest BCUT2D eigenvalue weighted by atomic mass is 10.1. The molecule has 0 aromatic heterocycles. The third-order valence-corrected chi connectivity index (χ3v) is 6.02. The molecule has 1 aliphatic heterocycles. The van der Waals surface area contributed by atoms with Crippen LogP contribution in [0.2, 0.25) is 5.02 Å². The molecular formula is C24H28ClN3O2S. The Bertz CT molecular complexity index is 1000. The van der Waals surface area contributed by atoms with Gasteiger partial charge in [0.05, 0.1) is 18.1 Å². The molecule has 0 spiro atoms. The average molecular weight is 458 g/mol. The number of halogens is 1. The van der Waals surface area contributed by atoms with Crippen molar-refractivity contribution in [1.29, 1.82) is 0 Å². The molecule has 3 rings (SSSR count). The van der Waals surface area contributed by atoms with E-state index in [0.29, 0.717) is 17.3 Å². The number of hydrogen-bond acceptors (Lipinski definition) is 5. The van der Waals surface area contributed by atoms with Gasteiger partial charge in [0.1, 0.15) is 16.5 Å². The molecule has 0 saturated carbocycles. The summed E-state index contributed by atoms with van der Waals surface area (Å²) in [5, 5.41) is 4.28. The molecule has 2 aromatic carbocycles. The van der Waals surface area contributed by atoms with Gasteiger partial charge in [0, 0.05) is 16.3 Å². The van der Waals surface area contributed by atoms with Gasteiger partial charge in [-0.05, 0) is 69.2 Å². The summed E-state index contributed by atoms with van der Waals surface area (Å²) in [6, 6.07) is 13.4. The molecule has 0 radical (unpaired) electrons. The Hall–Kier alpha value is -2.31. The second-order valence-electron chi connectivity index (χ2n) is 7.90. The molecule has 1 amide bonds. The molecule has 31 heavy (non-hydrogen) atoms. The van der Waals surface area contributed by atoms with Gasteiger partial charge in [0.15, 0.2) is 0 Å². The van der Waals surface area contributed by atoms with E-state index in [1.54, 1.807) is 6.07 Å². The number of amides is 1. The molecule has 0 fully saturated rings. The Morgan fingerprint density at radius 1 is 1.16 bits per heavy atom. The van der Waals surface area contributed by atoms with E-state index >= 15 is 0 Å². The highest BCUT2D eigenvalue weighted by molar-refractivity contribution is 8.16. The first kappa shape index (κ1) is 23.4. The van der Waals surface area contributed by atoms with Gasteiger partial charge < -0.3 is 10.1 Å². The van der Waals surface area contributed by atoms with Crippen molar-refractivity contribution >= 4 is 45.7 Å². The fourth-order valence-corrected chi connectivity index (χ4v) is 4.09. The molecule has 7 heteroatoms. The molecule has 0 bridgehead atoms. The second-order valence-corrected chi connectivity index (χ2v) is 9.27. The number of carbonyl (C=O) groups is 1. The Morgan fingerprint density at radius 2 is 1.90 bits per heavy atom.